The summed E-state index contributed by atoms with van der Waals surface area (Å²) < 4.78 is 18.6. The first-order chi connectivity index (χ1) is 14.1. The van der Waals surface area contributed by atoms with Gasteiger partial charge in [0.05, 0.1) is 42.6 Å². The fraction of sp³-hybridized carbons (Fsp3) is 0.200. The van der Waals surface area contributed by atoms with Crippen LogP contribution in [0.15, 0.2) is 48.9 Å². The standard InChI is InChI=1S/C20H19FN6O2/c21-13-1-3-17(24-11-13)25-16-12-23-6-5-14(16)19-15(20(22)28)2-4-18(26-19)27-7-9-29-10-8-27/h1-6,11-12H,7-10H2,(H2,22,28)(H,24,25). The van der Waals surface area contributed by atoms with E-state index in [1.807, 2.05) is 0 Å². The monoisotopic (exact) mass is 394 g/mol. The number of hydrogen-bond donors (Lipinski definition) is 2. The normalized spacial score (nSPS) is 13.9. The molecule has 1 aliphatic heterocycles. The van der Waals surface area contributed by atoms with E-state index >= 15 is 0 Å². The number of primary amides is 1. The predicted molar refractivity (Wildman–Crippen MR) is 106 cm³/mol. The highest BCUT2D eigenvalue weighted by Gasteiger charge is 2.19. The van der Waals surface area contributed by atoms with Crippen molar-refractivity contribution in [2.45, 2.75) is 0 Å². The van der Waals surface area contributed by atoms with Gasteiger partial charge in [0.25, 0.3) is 5.91 Å². The van der Waals surface area contributed by atoms with Crippen LogP contribution in [0.1, 0.15) is 10.4 Å². The van der Waals surface area contributed by atoms with Gasteiger partial charge < -0.3 is 20.7 Å². The Labute approximate surface area is 166 Å². The summed E-state index contributed by atoms with van der Waals surface area (Å²) >= 11 is 0. The van der Waals surface area contributed by atoms with Gasteiger partial charge in [0.1, 0.15) is 17.5 Å². The minimum atomic E-state index is -0.580. The molecule has 3 aromatic heterocycles. The average Bonchev–Trinajstić information content (AvgIpc) is 2.76. The van der Waals surface area contributed by atoms with E-state index in [2.05, 4.69) is 20.2 Å². The van der Waals surface area contributed by atoms with E-state index in [1.165, 1.54) is 12.1 Å². The van der Waals surface area contributed by atoms with Crippen molar-refractivity contribution in [1.29, 1.82) is 0 Å². The summed E-state index contributed by atoms with van der Waals surface area (Å²) in [7, 11) is 0. The molecule has 1 aliphatic rings. The maximum absolute atomic E-state index is 13.2. The number of carbonyl (C=O) groups excluding carboxylic acids is 1. The summed E-state index contributed by atoms with van der Waals surface area (Å²) in [5.41, 5.74) is 7.53. The highest BCUT2D eigenvalue weighted by atomic mass is 19.1. The number of anilines is 3. The molecule has 4 rings (SSSR count). The zero-order valence-electron chi connectivity index (χ0n) is 15.5. The molecule has 1 amide bonds. The Kier molecular flexibility index (Phi) is 5.30. The quantitative estimate of drug-likeness (QED) is 0.684. The van der Waals surface area contributed by atoms with E-state index in [-0.39, 0.29) is 0 Å². The van der Waals surface area contributed by atoms with Crippen molar-refractivity contribution in [3.8, 4) is 11.3 Å². The van der Waals surface area contributed by atoms with Gasteiger partial charge in [-0.2, -0.15) is 0 Å². The lowest BCUT2D eigenvalue weighted by Crippen LogP contribution is -2.36. The van der Waals surface area contributed by atoms with Crippen LogP contribution in [-0.4, -0.2) is 47.2 Å². The van der Waals surface area contributed by atoms with Crippen LogP contribution >= 0.6 is 0 Å². The van der Waals surface area contributed by atoms with E-state index in [4.69, 9.17) is 15.5 Å². The van der Waals surface area contributed by atoms with Gasteiger partial charge >= 0.3 is 0 Å². The van der Waals surface area contributed by atoms with Crippen molar-refractivity contribution in [2.75, 3.05) is 36.5 Å². The molecule has 148 valence electrons. The van der Waals surface area contributed by atoms with Crippen molar-refractivity contribution in [1.82, 2.24) is 15.0 Å². The number of aromatic nitrogens is 3. The molecule has 3 N–H and O–H groups in total. The molecule has 3 aromatic rings. The van der Waals surface area contributed by atoms with Crippen molar-refractivity contribution in [3.63, 3.8) is 0 Å². The summed E-state index contributed by atoms with van der Waals surface area (Å²) in [5, 5.41) is 3.10. The molecule has 0 radical (unpaired) electrons. The van der Waals surface area contributed by atoms with Crippen LogP contribution in [0.25, 0.3) is 11.3 Å². The molecular formula is C20H19FN6O2. The molecule has 8 nitrogen and oxygen atoms in total. The van der Waals surface area contributed by atoms with E-state index in [0.29, 0.717) is 54.6 Å². The second-order valence-corrected chi connectivity index (χ2v) is 6.44. The van der Waals surface area contributed by atoms with Crippen LogP contribution in [0.2, 0.25) is 0 Å². The molecular weight excluding hydrogens is 375 g/mol. The van der Waals surface area contributed by atoms with E-state index < -0.39 is 11.7 Å². The van der Waals surface area contributed by atoms with Crippen LogP contribution in [0.5, 0.6) is 0 Å². The molecule has 0 saturated carbocycles. The second kappa shape index (κ2) is 8.19. The number of nitrogens with two attached hydrogens (primary N) is 1. The molecule has 29 heavy (non-hydrogen) atoms. The summed E-state index contributed by atoms with van der Waals surface area (Å²) in [5.74, 6) is 0.156. The number of morpholine rings is 1. The summed E-state index contributed by atoms with van der Waals surface area (Å²) in [4.78, 5) is 27.0. The Balaban J connectivity index is 1.76. The van der Waals surface area contributed by atoms with Crippen LogP contribution in [0, 0.1) is 5.82 Å². The highest BCUT2D eigenvalue weighted by molar-refractivity contribution is 6.00. The van der Waals surface area contributed by atoms with E-state index in [9.17, 15) is 9.18 Å². The van der Waals surface area contributed by atoms with Gasteiger partial charge in [-0.05, 0) is 30.3 Å². The average molecular weight is 394 g/mol. The van der Waals surface area contributed by atoms with Gasteiger partial charge in [0.15, 0.2) is 0 Å². The van der Waals surface area contributed by atoms with Gasteiger partial charge in [-0.25, -0.2) is 14.4 Å². The lowest BCUT2D eigenvalue weighted by atomic mass is 10.0. The molecule has 0 aromatic carbocycles. The maximum atomic E-state index is 13.2. The summed E-state index contributed by atoms with van der Waals surface area (Å²) in [6.07, 6.45) is 4.31. The first-order valence-electron chi connectivity index (χ1n) is 9.08. The van der Waals surface area contributed by atoms with E-state index in [0.717, 1.165) is 12.0 Å². The summed E-state index contributed by atoms with van der Waals surface area (Å²) in [6.45, 7) is 2.66. The Bertz CT molecular complexity index is 1020. The van der Waals surface area contributed by atoms with Crippen molar-refractivity contribution in [2.24, 2.45) is 5.73 Å². The number of ether oxygens (including phenoxy) is 1. The number of rotatable bonds is 5. The van der Waals surface area contributed by atoms with Crippen LogP contribution < -0.4 is 16.0 Å². The van der Waals surface area contributed by atoms with Gasteiger partial charge in [-0.15, -0.1) is 0 Å². The third kappa shape index (κ3) is 4.14. The molecule has 0 aliphatic carbocycles. The first kappa shape index (κ1) is 18.8. The first-order valence-corrected chi connectivity index (χ1v) is 9.08. The molecule has 0 unspecified atom stereocenters. The number of carbonyl (C=O) groups is 1. The maximum Gasteiger partial charge on any atom is 0.250 e. The second-order valence-electron chi connectivity index (χ2n) is 6.44. The Morgan fingerprint density at radius 1 is 1.14 bits per heavy atom. The lowest BCUT2D eigenvalue weighted by Gasteiger charge is -2.28. The third-order valence-electron chi connectivity index (χ3n) is 4.55. The Hall–Kier alpha value is -3.59. The van der Waals surface area contributed by atoms with Gasteiger partial charge in [0.2, 0.25) is 0 Å². The van der Waals surface area contributed by atoms with Crippen LogP contribution in [0.4, 0.5) is 21.7 Å². The molecule has 0 spiro atoms. The minimum Gasteiger partial charge on any atom is -0.378 e. The van der Waals surface area contributed by atoms with Crippen molar-refractivity contribution >= 4 is 23.2 Å². The molecule has 9 heteroatoms. The largest absolute Gasteiger partial charge is 0.378 e. The SMILES string of the molecule is NC(=O)c1ccc(N2CCOCC2)nc1-c1ccncc1Nc1ccc(F)cn1. The van der Waals surface area contributed by atoms with Gasteiger partial charge in [0, 0.05) is 24.8 Å². The van der Waals surface area contributed by atoms with Gasteiger partial charge in [-0.3, -0.25) is 9.78 Å². The number of nitrogens with one attached hydrogen (secondary N) is 1. The third-order valence-corrected chi connectivity index (χ3v) is 4.55. The molecule has 1 fully saturated rings. The summed E-state index contributed by atoms with van der Waals surface area (Å²) in [6, 6.07) is 8.01. The van der Waals surface area contributed by atoms with Gasteiger partial charge in [-0.1, -0.05) is 0 Å². The fourth-order valence-corrected chi connectivity index (χ4v) is 3.11. The number of amides is 1. The molecule has 0 bridgehead atoms. The minimum absolute atomic E-state index is 0.295. The number of hydrogen-bond acceptors (Lipinski definition) is 7. The smallest absolute Gasteiger partial charge is 0.250 e. The van der Waals surface area contributed by atoms with Crippen molar-refractivity contribution in [3.05, 3.63) is 60.3 Å². The highest BCUT2D eigenvalue weighted by Crippen LogP contribution is 2.32. The zero-order valence-corrected chi connectivity index (χ0v) is 15.5. The Morgan fingerprint density at radius 3 is 2.69 bits per heavy atom. The van der Waals surface area contributed by atoms with Crippen molar-refractivity contribution < 1.29 is 13.9 Å². The predicted octanol–water partition coefficient (Wildman–Crippen LogP) is 2.36. The number of halogens is 1. The van der Waals surface area contributed by atoms with Crippen LogP contribution in [-0.2, 0) is 4.74 Å². The lowest BCUT2D eigenvalue weighted by molar-refractivity contribution is 0.100. The molecule has 0 atom stereocenters. The topological polar surface area (TPSA) is 106 Å². The van der Waals surface area contributed by atoms with E-state index in [1.54, 1.807) is 30.6 Å². The molecule has 4 heterocycles. The fourth-order valence-electron chi connectivity index (χ4n) is 3.11. The zero-order chi connectivity index (χ0) is 20.2. The molecule has 1 saturated heterocycles. The Morgan fingerprint density at radius 2 is 1.97 bits per heavy atom. The number of nitrogens with zero attached hydrogens (tertiary/aromatic N) is 4. The van der Waals surface area contributed by atoms with Crippen LogP contribution in [0.3, 0.4) is 0 Å². The number of pyridine rings is 3.